The first-order chi connectivity index (χ1) is 8.33. The van der Waals surface area contributed by atoms with Crippen molar-refractivity contribution >= 4 is 5.97 Å². The number of rotatable bonds is 5. The smallest absolute Gasteiger partial charge is 0.339 e. The molecule has 1 aromatic carbocycles. The predicted octanol–water partition coefficient (Wildman–Crippen LogP) is 1.82. The summed E-state index contributed by atoms with van der Waals surface area (Å²) in [6.45, 7) is 5.00. The number of carbonyl (C=O) groups is 1. The summed E-state index contributed by atoms with van der Waals surface area (Å²) in [5.74, 6) is -1.40. The van der Waals surface area contributed by atoms with Gasteiger partial charge in [-0.15, -0.1) is 0 Å². The monoisotopic (exact) mass is 252 g/mol. The van der Waals surface area contributed by atoms with E-state index in [1.54, 1.807) is 45.0 Å². The first-order valence-electron chi connectivity index (χ1n) is 6.07. The van der Waals surface area contributed by atoms with Crippen molar-refractivity contribution in [1.29, 1.82) is 0 Å². The van der Waals surface area contributed by atoms with Crippen molar-refractivity contribution in [2.45, 2.75) is 44.8 Å². The molecule has 0 aliphatic heterocycles. The summed E-state index contributed by atoms with van der Waals surface area (Å²) >= 11 is 0. The van der Waals surface area contributed by atoms with Crippen molar-refractivity contribution in [3.8, 4) is 0 Å². The van der Waals surface area contributed by atoms with Crippen molar-refractivity contribution in [1.82, 2.24) is 0 Å². The van der Waals surface area contributed by atoms with Gasteiger partial charge >= 0.3 is 5.97 Å². The highest BCUT2D eigenvalue weighted by Gasteiger charge is 2.54. The molecular weight excluding hydrogens is 232 g/mol. The molecular formula is C14H20O4. The van der Waals surface area contributed by atoms with Gasteiger partial charge in [0.05, 0.1) is 0 Å². The molecule has 0 aliphatic rings. The van der Waals surface area contributed by atoms with Crippen LogP contribution in [0.3, 0.4) is 0 Å². The lowest BCUT2D eigenvalue weighted by atomic mass is 9.73. The highest BCUT2D eigenvalue weighted by atomic mass is 16.4. The van der Waals surface area contributed by atoms with Gasteiger partial charge in [0.2, 0.25) is 0 Å². The molecule has 18 heavy (non-hydrogen) atoms. The lowest BCUT2D eigenvalue weighted by Crippen LogP contribution is -2.57. The summed E-state index contributed by atoms with van der Waals surface area (Å²) < 4.78 is 0. The van der Waals surface area contributed by atoms with Crippen LogP contribution >= 0.6 is 0 Å². The van der Waals surface area contributed by atoms with Crippen LogP contribution in [0.4, 0.5) is 0 Å². The number of benzene rings is 1. The zero-order valence-electron chi connectivity index (χ0n) is 11.0. The van der Waals surface area contributed by atoms with Crippen molar-refractivity contribution in [2.24, 2.45) is 0 Å². The minimum Gasteiger partial charge on any atom is -0.479 e. The van der Waals surface area contributed by atoms with E-state index in [2.05, 4.69) is 0 Å². The van der Waals surface area contributed by atoms with E-state index in [0.29, 0.717) is 5.56 Å². The van der Waals surface area contributed by atoms with E-state index in [1.807, 2.05) is 0 Å². The molecule has 0 amide bonds. The molecule has 0 spiro atoms. The number of carboxylic acid groups (broad SMARTS) is 1. The summed E-state index contributed by atoms with van der Waals surface area (Å²) in [6.07, 6.45) is 0.0511. The lowest BCUT2D eigenvalue weighted by Gasteiger charge is -2.40. The SMILES string of the molecule is CC[C@@](O)(C(=O)O)[C@@](O)(CC)c1ccccc1C. The Morgan fingerprint density at radius 1 is 1.17 bits per heavy atom. The Bertz CT molecular complexity index is 443. The molecule has 4 heteroatoms. The number of aryl methyl sites for hydroxylation is 1. The second-order valence-electron chi connectivity index (χ2n) is 4.55. The van der Waals surface area contributed by atoms with E-state index >= 15 is 0 Å². The zero-order chi connectivity index (χ0) is 14.0. The standard InChI is InChI=1S/C14H20O4/c1-4-13(17,14(18,5-2)12(15)16)11-9-7-6-8-10(11)3/h6-9,17-18H,4-5H2,1-3H3,(H,15,16)/t13-,14-/m1/s1. The third-order valence-electron chi connectivity index (χ3n) is 3.65. The molecule has 0 fully saturated rings. The zero-order valence-corrected chi connectivity index (χ0v) is 11.0. The fourth-order valence-electron chi connectivity index (χ4n) is 2.36. The largest absolute Gasteiger partial charge is 0.479 e. The Hall–Kier alpha value is -1.39. The molecule has 0 saturated carbocycles. The molecule has 1 rings (SSSR count). The lowest BCUT2D eigenvalue weighted by molar-refractivity contribution is -0.198. The van der Waals surface area contributed by atoms with Gasteiger partial charge in [0.1, 0.15) is 5.60 Å². The number of aliphatic carboxylic acids is 1. The van der Waals surface area contributed by atoms with E-state index in [4.69, 9.17) is 0 Å². The Labute approximate surface area is 107 Å². The van der Waals surface area contributed by atoms with Gasteiger partial charge < -0.3 is 15.3 Å². The third-order valence-corrected chi connectivity index (χ3v) is 3.65. The molecule has 0 bridgehead atoms. The van der Waals surface area contributed by atoms with Crippen molar-refractivity contribution < 1.29 is 20.1 Å². The van der Waals surface area contributed by atoms with Crippen LogP contribution in [0.5, 0.6) is 0 Å². The quantitative estimate of drug-likeness (QED) is 0.747. The number of aliphatic hydroxyl groups is 2. The summed E-state index contributed by atoms with van der Waals surface area (Å²) in [6, 6.07) is 6.97. The van der Waals surface area contributed by atoms with E-state index in [0.717, 1.165) is 5.56 Å². The average molecular weight is 252 g/mol. The summed E-state index contributed by atoms with van der Waals surface area (Å²) in [4.78, 5) is 11.3. The molecule has 3 N–H and O–H groups in total. The van der Waals surface area contributed by atoms with Crippen LogP contribution < -0.4 is 0 Å². The molecule has 0 radical (unpaired) electrons. The van der Waals surface area contributed by atoms with Gasteiger partial charge in [-0.05, 0) is 30.9 Å². The van der Waals surface area contributed by atoms with E-state index in [-0.39, 0.29) is 12.8 Å². The first kappa shape index (κ1) is 14.7. The minimum absolute atomic E-state index is 0.0684. The van der Waals surface area contributed by atoms with Crippen LogP contribution in [0.2, 0.25) is 0 Å². The minimum atomic E-state index is -2.19. The second-order valence-corrected chi connectivity index (χ2v) is 4.55. The Morgan fingerprint density at radius 3 is 2.11 bits per heavy atom. The van der Waals surface area contributed by atoms with Crippen LogP contribution in [-0.2, 0) is 10.4 Å². The maximum Gasteiger partial charge on any atom is 0.339 e. The van der Waals surface area contributed by atoms with Crippen LogP contribution in [-0.4, -0.2) is 26.9 Å². The molecule has 0 heterocycles. The van der Waals surface area contributed by atoms with Gasteiger partial charge in [0, 0.05) is 0 Å². The van der Waals surface area contributed by atoms with Gasteiger partial charge in [-0.2, -0.15) is 0 Å². The molecule has 0 aromatic heterocycles. The number of carboxylic acids is 1. The molecule has 100 valence electrons. The fourth-order valence-corrected chi connectivity index (χ4v) is 2.36. The Morgan fingerprint density at radius 2 is 1.72 bits per heavy atom. The maximum atomic E-state index is 11.3. The molecule has 0 aliphatic carbocycles. The number of hydrogen-bond donors (Lipinski definition) is 3. The van der Waals surface area contributed by atoms with Crippen LogP contribution in [0, 0.1) is 6.92 Å². The highest BCUT2D eigenvalue weighted by Crippen LogP contribution is 2.40. The fraction of sp³-hybridized carbons (Fsp3) is 0.500. The normalized spacial score (nSPS) is 17.8. The first-order valence-corrected chi connectivity index (χ1v) is 6.07. The van der Waals surface area contributed by atoms with E-state index < -0.39 is 17.2 Å². The molecule has 0 saturated heterocycles. The van der Waals surface area contributed by atoms with Crippen LogP contribution in [0.1, 0.15) is 37.8 Å². The Balaban J connectivity index is 3.46. The second kappa shape index (κ2) is 5.08. The third kappa shape index (κ3) is 2.02. The highest BCUT2D eigenvalue weighted by molar-refractivity contribution is 5.79. The molecule has 2 atom stereocenters. The Kier molecular flexibility index (Phi) is 4.14. The molecule has 1 aromatic rings. The van der Waals surface area contributed by atoms with Gasteiger partial charge in [-0.3, -0.25) is 0 Å². The van der Waals surface area contributed by atoms with Gasteiger partial charge in [0.25, 0.3) is 0 Å². The van der Waals surface area contributed by atoms with Crippen molar-refractivity contribution in [2.75, 3.05) is 0 Å². The van der Waals surface area contributed by atoms with Crippen LogP contribution in [0.25, 0.3) is 0 Å². The van der Waals surface area contributed by atoms with E-state index in [9.17, 15) is 20.1 Å². The van der Waals surface area contributed by atoms with Gasteiger partial charge in [0.15, 0.2) is 5.60 Å². The average Bonchev–Trinajstić information content (AvgIpc) is 2.37. The van der Waals surface area contributed by atoms with Crippen molar-refractivity contribution in [3.63, 3.8) is 0 Å². The summed E-state index contributed by atoms with van der Waals surface area (Å²) in [7, 11) is 0. The molecule has 0 unspecified atom stereocenters. The topological polar surface area (TPSA) is 77.8 Å². The van der Waals surface area contributed by atoms with E-state index in [1.165, 1.54) is 0 Å². The predicted molar refractivity (Wildman–Crippen MR) is 68.2 cm³/mol. The summed E-state index contributed by atoms with van der Waals surface area (Å²) in [5.41, 5.74) is -2.76. The van der Waals surface area contributed by atoms with Gasteiger partial charge in [-0.1, -0.05) is 38.1 Å². The van der Waals surface area contributed by atoms with Gasteiger partial charge in [-0.25, -0.2) is 4.79 Å². The van der Waals surface area contributed by atoms with Crippen molar-refractivity contribution in [3.05, 3.63) is 35.4 Å². The number of hydrogen-bond acceptors (Lipinski definition) is 3. The maximum absolute atomic E-state index is 11.3. The summed E-state index contributed by atoms with van der Waals surface area (Å²) in [5, 5.41) is 30.3. The molecule has 4 nitrogen and oxygen atoms in total. The van der Waals surface area contributed by atoms with Crippen LogP contribution in [0.15, 0.2) is 24.3 Å².